The fourth-order valence-corrected chi connectivity index (χ4v) is 4.46. The molecule has 28 heavy (non-hydrogen) atoms. The second-order valence-corrected chi connectivity index (χ2v) is 7.88. The highest BCUT2D eigenvalue weighted by molar-refractivity contribution is 5.74. The Labute approximate surface area is 162 Å². The van der Waals surface area contributed by atoms with Gasteiger partial charge in [-0.15, -0.1) is 10.2 Å². The van der Waals surface area contributed by atoms with E-state index in [0.29, 0.717) is 17.2 Å². The second kappa shape index (κ2) is 5.92. The number of fused-ring (bicyclic) bond motifs is 1. The maximum Gasteiger partial charge on any atom is 0.298 e. The minimum atomic E-state index is 0.295. The Morgan fingerprint density at radius 1 is 0.893 bits per heavy atom. The fraction of sp³-hybridized carbons (Fsp3) is 0.318. The number of para-hydroxylation sites is 2. The van der Waals surface area contributed by atoms with E-state index in [2.05, 4.69) is 20.1 Å². The van der Waals surface area contributed by atoms with Crippen LogP contribution in [0.3, 0.4) is 0 Å². The number of aromatic nitrogens is 3. The maximum absolute atomic E-state index is 6.01. The molecule has 0 radical (unpaired) electrons. The normalized spacial score (nSPS) is 20.7. The fourth-order valence-electron chi connectivity index (χ4n) is 4.46. The first kappa shape index (κ1) is 15.9. The lowest BCUT2D eigenvalue weighted by atomic mass is 9.91. The van der Waals surface area contributed by atoms with Crippen LogP contribution in [-0.4, -0.2) is 28.3 Å². The summed E-state index contributed by atoms with van der Waals surface area (Å²) in [6.07, 6.45) is 3.32. The van der Waals surface area contributed by atoms with Crippen LogP contribution in [-0.2, 0) is 0 Å². The lowest BCUT2D eigenvalue weighted by Crippen LogP contribution is -2.35. The van der Waals surface area contributed by atoms with Gasteiger partial charge in [-0.1, -0.05) is 30.3 Å². The first-order valence-corrected chi connectivity index (χ1v) is 9.80. The number of nitrogens with zero attached hydrogens (tertiary/aromatic N) is 4. The highest BCUT2D eigenvalue weighted by Gasteiger charge is 2.58. The van der Waals surface area contributed by atoms with Crippen molar-refractivity contribution in [3.8, 4) is 11.5 Å². The number of rotatable bonds is 3. The molecule has 3 heterocycles. The maximum atomic E-state index is 6.01. The van der Waals surface area contributed by atoms with Gasteiger partial charge in [-0.05, 0) is 48.9 Å². The summed E-state index contributed by atoms with van der Waals surface area (Å²) in [4.78, 5) is 6.89. The third-order valence-electron chi connectivity index (χ3n) is 6.26. The first-order chi connectivity index (χ1) is 13.8. The summed E-state index contributed by atoms with van der Waals surface area (Å²) in [6, 6.07) is 18.6. The molecule has 0 N–H and O–H groups in total. The predicted molar refractivity (Wildman–Crippen MR) is 105 cm³/mol. The van der Waals surface area contributed by atoms with Crippen LogP contribution < -0.4 is 4.90 Å². The molecule has 6 rings (SSSR count). The zero-order valence-corrected chi connectivity index (χ0v) is 15.4. The smallest absolute Gasteiger partial charge is 0.298 e. The van der Waals surface area contributed by atoms with E-state index in [9.17, 15) is 0 Å². The summed E-state index contributed by atoms with van der Waals surface area (Å²) < 4.78 is 11.9. The van der Waals surface area contributed by atoms with E-state index in [1.807, 2.05) is 54.6 Å². The van der Waals surface area contributed by atoms with Crippen molar-refractivity contribution in [1.29, 1.82) is 0 Å². The van der Waals surface area contributed by atoms with Crippen LogP contribution in [0.1, 0.15) is 31.1 Å². The molecule has 1 aliphatic heterocycles. The van der Waals surface area contributed by atoms with Crippen molar-refractivity contribution in [3.05, 3.63) is 60.5 Å². The number of piperidine rings is 1. The summed E-state index contributed by atoms with van der Waals surface area (Å²) in [5, 5.41) is 8.61. The second-order valence-electron chi connectivity index (χ2n) is 7.88. The molecule has 4 aromatic rings. The summed E-state index contributed by atoms with van der Waals surface area (Å²) in [5.74, 6) is 1.78. The Balaban J connectivity index is 1.16. The zero-order chi connectivity index (χ0) is 18.6. The van der Waals surface area contributed by atoms with E-state index in [1.54, 1.807) is 0 Å². The van der Waals surface area contributed by atoms with Crippen LogP contribution in [0.2, 0.25) is 0 Å². The molecule has 1 saturated carbocycles. The summed E-state index contributed by atoms with van der Waals surface area (Å²) in [7, 11) is 0. The van der Waals surface area contributed by atoms with Crippen molar-refractivity contribution in [2.24, 2.45) is 5.41 Å². The highest BCUT2D eigenvalue weighted by Crippen LogP contribution is 2.64. The standard InChI is InChI=1S/C22H20N4O2/c1-2-6-15(7-3-1)19-24-25-20(28-19)16-14-22(16)10-12-26(13-11-22)21-23-17-8-4-5-9-18(17)27-21/h1-9,16H,10-14H2/t16-/m1/s1. The topological polar surface area (TPSA) is 68.2 Å². The molecule has 1 saturated heterocycles. The lowest BCUT2D eigenvalue weighted by Gasteiger charge is -2.31. The monoisotopic (exact) mass is 372 g/mol. The molecule has 140 valence electrons. The van der Waals surface area contributed by atoms with Crippen molar-refractivity contribution in [1.82, 2.24) is 15.2 Å². The SMILES string of the molecule is c1ccc(-c2nnc([C@H]3CC34CCN(c3nc5ccccc5o3)CC4)o2)cc1. The molecule has 2 aromatic carbocycles. The Morgan fingerprint density at radius 3 is 2.50 bits per heavy atom. The molecular formula is C22H20N4O2. The molecule has 1 aliphatic carbocycles. The van der Waals surface area contributed by atoms with E-state index in [1.165, 1.54) is 0 Å². The Bertz CT molecular complexity index is 1090. The Morgan fingerprint density at radius 2 is 1.68 bits per heavy atom. The van der Waals surface area contributed by atoms with Gasteiger partial charge in [0.1, 0.15) is 5.52 Å². The molecule has 0 amide bonds. The van der Waals surface area contributed by atoms with E-state index < -0.39 is 0 Å². The molecule has 2 aromatic heterocycles. The summed E-state index contributed by atoms with van der Waals surface area (Å²) >= 11 is 0. The third kappa shape index (κ3) is 2.52. The van der Waals surface area contributed by atoms with Crippen LogP contribution in [0, 0.1) is 5.41 Å². The largest absolute Gasteiger partial charge is 0.423 e. The number of hydrogen-bond acceptors (Lipinski definition) is 6. The van der Waals surface area contributed by atoms with Gasteiger partial charge in [0.25, 0.3) is 6.01 Å². The van der Waals surface area contributed by atoms with E-state index in [4.69, 9.17) is 8.83 Å². The van der Waals surface area contributed by atoms with Gasteiger partial charge in [-0.2, -0.15) is 4.98 Å². The quantitative estimate of drug-likeness (QED) is 0.521. The number of benzene rings is 2. The van der Waals surface area contributed by atoms with Gasteiger partial charge in [0.05, 0.1) is 0 Å². The zero-order valence-electron chi connectivity index (χ0n) is 15.4. The predicted octanol–water partition coefficient (Wildman–Crippen LogP) is 4.65. The molecule has 2 aliphatic rings. The van der Waals surface area contributed by atoms with Crippen molar-refractivity contribution in [2.45, 2.75) is 25.2 Å². The van der Waals surface area contributed by atoms with Crippen molar-refractivity contribution in [2.75, 3.05) is 18.0 Å². The molecule has 6 nitrogen and oxygen atoms in total. The van der Waals surface area contributed by atoms with Gasteiger partial charge < -0.3 is 13.7 Å². The average Bonchev–Trinajstić information content (AvgIpc) is 3.13. The number of anilines is 1. The third-order valence-corrected chi connectivity index (χ3v) is 6.26. The van der Waals surface area contributed by atoms with E-state index in [-0.39, 0.29) is 0 Å². The Kier molecular flexibility index (Phi) is 3.36. The molecular weight excluding hydrogens is 352 g/mol. The van der Waals surface area contributed by atoms with Crippen molar-refractivity contribution in [3.63, 3.8) is 0 Å². The molecule has 6 heteroatoms. The molecule has 1 atom stereocenters. The molecule has 0 bridgehead atoms. The average molecular weight is 372 g/mol. The lowest BCUT2D eigenvalue weighted by molar-refractivity contribution is 0.344. The van der Waals surface area contributed by atoms with Gasteiger partial charge in [0.2, 0.25) is 11.8 Å². The van der Waals surface area contributed by atoms with Crippen LogP contribution in [0.4, 0.5) is 6.01 Å². The number of oxazole rings is 1. The minimum absolute atomic E-state index is 0.295. The highest BCUT2D eigenvalue weighted by atomic mass is 16.4. The van der Waals surface area contributed by atoms with Gasteiger partial charge in [-0.3, -0.25) is 0 Å². The van der Waals surface area contributed by atoms with Crippen molar-refractivity contribution < 1.29 is 8.83 Å². The number of hydrogen-bond donors (Lipinski definition) is 0. The van der Waals surface area contributed by atoms with Gasteiger partial charge >= 0.3 is 0 Å². The minimum Gasteiger partial charge on any atom is -0.423 e. The van der Waals surface area contributed by atoms with Crippen LogP contribution in [0.25, 0.3) is 22.6 Å². The summed E-state index contributed by atoms with van der Waals surface area (Å²) in [5.41, 5.74) is 3.03. The first-order valence-electron chi connectivity index (χ1n) is 9.80. The van der Waals surface area contributed by atoms with Crippen LogP contribution in [0.15, 0.2) is 63.4 Å². The van der Waals surface area contributed by atoms with Gasteiger partial charge in [0, 0.05) is 24.6 Å². The van der Waals surface area contributed by atoms with Crippen LogP contribution >= 0.6 is 0 Å². The van der Waals surface area contributed by atoms with Crippen molar-refractivity contribution >= 4 is 17.1 Å². The Hall–Kier alpha value is -3.15. The van der Waals surface area contributed by atoms with Crippen LogP contribution in [0.5, 0.6) is 0 Å². The molecule has 1 spiro atoms. The van der Waals surface area contributed by atoms with E-state index >= 15 is 0 Å². The van der Waals surface area contributed by atoms with Gasteiger partial charge in [-0.25, -0.2) is 0 Å². The van der Waals surface area contributed by atoms with E-state index in [0.717, 1.165) is 60.9 Å². The molecule has 2 fully saturated rings. The van der Waals surface area contributed by atoms with Gasteiger partial charge in [0.15, 0.2) is 5.58 Å². The summed E-state index contributed by atoms with van der Waals surface area (Å²) in [6.45, 7) is 1.89. The molecule has 0 unspecified atom stereocenters.